The lowest BCUT2D eigenvalue weighted by Crippen LogP contribution is -2.48. The minimum absolute atomic E-state index is 0.0986. The molecule has 1 aromatic carbocycles. The number of piperidine rings is 1. The molecule has 3 N–H and O–H groups in total. The van der Waals surface area contributed by atoms with Gasteiger partial charge in [0, 0.05) is 25.2 Å². The molecular weight excluding hydrogens is 264 g/mol. The number of nitrogens with two attached hydrogens (primary N) is 1. The number of ether oxygens (including phenoxy) is 1. The highest BCUT2D eigenvalue weighted by atomic mass is 16.5. The van der Waals surface area contributed by atoms with Gasteiger partial charge < -0.3 is 15.6 Å². The van der Waals surface area contributed by atoms with E-state index in [4.69, 9.17) is 10.5 Å². The summed E-state index contributed by atoms with van der Waals surface area (Å²) < 4.78 is 5.23. The minimum atomic E-state index is -0.530. The standard InChI is InChI=1S/C17H28N2O2/c1-4-15(18)16(13-5-7-14(21-3)8-6-13)19-11-9-17(2,20)10-12-19/h5-8,15-16,20H,4,9-12,18H2,1-3H3. The summed E-state index contributed by atoms with van der Waals surface area (Å²) in [5, 5.41) is 10.1. The van der Waals surface area contributed by atoms with Gasteiger partial charge in [0.15, 0.2) is 0 Å². The Hall–Kier alpha value is -1.10. The van der Waals surface area contributed by atoms with Gasteiger partial charge in [-0.05, 0) is 43.9 Å². The maximum atomic E-state index is 10.1. The zero-order valence-electron chi connectivity index (χ0n) is 13.4. The first-order chi connectivity index (χ1) is 9.96. The number of methoxy groups -OCH3 is 1. The van der Waals surface area contributed by atoms with Crippen molar-refractivity contribution in [3.05, 3.63) is 29.8 Å². The average molecular weight is 292 g/mol. The lowest BCUT2D eigenvalue weighted by molar-refractivity contribution is -0.0202. The lowest BCUT2D eigenvalue weighted by Gasteiger charge is -2.42. The van der Waals surface area contributed by atoms with Crippen molar-refractivity contribution in [1.82, 2.24) is 4.90 Å². The second-order valence-corrected chi connectivity index (χ2v) is 6.32. The Morgan fingerprint density at radius 3 is 2.33 bits per heavy atom. The van der Waals surface area contributed by atoms with Crippen LogP contribution in [-0.2, 0) is 0 Å². The van der Waals surface area contributed by atoms with Crippen LogP contribution in [-0.4, -0.2) is 41.8 Å². The number of likely N-dealkylation sites (tertiary alicyclic amines) is 1. The van der Waals surface area contributed by atoms with Crippen molar-refractivity contribution in [3.8, 4) is 5.75 Å². The van der Waals surface area contributed by atoms with Gasteiger partial charge in [-0.25, -0.2) is 0 Å². The molecule has 2 atom stereocenters. The van der Waals surface area contributed by atoms with Crippen molar-refractivity contribution in [2.45, 2.75) is 50.8 Å². The van der Waals surface area contributed by atoms with E-state index < -0.39 is 5.60 Å². The van der Waals surface area contributed by atoms with Gasteiger partial charge in [0.2, 0.25) is 0 Å². The predicted molar refractivity (Wildman–Crippen MR) is 85.4 cm³/mol. The highest BCUT2D eigenvalue weighted by molar-refractivity contribution is 5.30. The number of nitrogens with zero attached hydrogens (tertiary/aromatic N) is 1. The summed E-state index contributed by atoms with van der Waals surface area (Å²) >= 11 is 0. The summed E-state index contributed by atoms with van der Waals surface area (Å²) in [5.41, 5.74) is 7.08. The van der Waals surface area contributed by atoms with E-state index in [1.165, 1.54) is 5.56 Å². The number of hydrogen-bond donors (Lipinski definition) is 2. The quantitative estimate of drug-likeness (QED) is 0.874. The molecule has 0 amide bonds. The molecule has 1 heterocycles. The normalized spacial score (nSPS) is 21.8. The first-order valence-corrected chi connectivity index (χ1v) is 7.83. The highest BCUT2D eigenvalue weighted by Crippen LogP contribution is 2.32. The third kappa shape index (κ3) is 3.96. The lowest BCUT2D eigenvalue weighted by atomic mass is 9.89. The van der Waals surface area contributed by atoms with Crippen LogP contribution >= 0.6 is 0 Å². The average Bonchev–Trinajstić information content (AvgIpc) is 2.49. The molecule has 0 spiro atoms. The van der Waals surface area contributed by atoms with Crippen LogP contribution in [0.4, 0.5) is 0 Å². The molecule has 1 aromatic rings. The Morgan fingerprint density at radius 2 is 1.86 bits per heavy atom. The summed E-state index contributed by atoms with van der Waals surface area (Å²) in [6.45, 7) is 5.82. The van der Waals surface area contributed by atoms with Gasteiger partial charge in [-0.15, -0.1) is 0 Å². The molecule has 0 radical (unpaired) electrons. The highest BCUT2D eigenvalue weighted by Gasteiger charge is 2.33. The molecule has 0 aliphatic carbocycles. The van der Waals surface area contributed by atoms with E-state index in [2.05, 4.69) is 24.0 Å². The van der Waals surface area contributed by atoms with Crippen molar-refractivity contribution < 1.29 is 9.84 Å². The molecule has 4 heteroatoms. The Kier molecular flexibility index (Phi) is 5.25. The van der Waals surface area contributed by atoms with Gasteiger partial charge in [-0.1, -0.05) is 19.1 Å². The molecule has 4 nitrogen and oxygen atoms in total. The van der Waals surface area contributed by atoms with E-state index in [-0.39, 0.29) is 12.1 Å². The topological polar surface area (TPSA) is 58.7 Å². The van der Waals surface area contributed by atoms with Crippen LogP contribution < -0.4 is 10.5 Å². The molecule has 1 saturated heterocycles. The Labute approximate surface area is 127 Å². The summed E-state index contributed by atoms with van der Waals surface area (Å²) in [6, 6.07) is 8.49. The minimum Gasteiger partial charge on any atom is -0.497 e. The monoisotopic (exact) mass is 292 g/mol. The molecule has 1 fully saturated rings. The maximum absolute atomic E-state index is 10.1. The summed E-state index contributed by atoms with van der Waals surface area (Å²) in [6.07, 6.45) is 2.54. The Bertz CT molecular complexity index is 435. The van der Waals surface area contributed by atoms with E-state index in [9.17, 15) is 5.11 Å². The predicted octanol–water partition coefficient (Wildman–Crippen LogP) is 2.32. The second kappa shape index (κ2) is 6.77. The molecule has 21 heavy (non-hydrogen) atoms. The second-order valence-electron chi connectivity index (χ2n) is 6.32. The maximum Gasteiger partial charge on any atom is 0.118 e. The van der Waals surface area contributed by atoms with Crippen LogP contribution in [0.15, 0.2) is 24.3 Å². The Morgan fingerprint density at radius 1 is 1.29 bits per heavy atom. The molecule has 118 valence electrons. The first-order valence-electron chi connectivity index (χ1n) is 7.83. The van der Waals surface area contributed by atoms with Gasteiger partial charge >= 0.3 is 0 Å². The number of rotatable bonds is 5. The first kappa shape index (κ1) is 16.3. The third-order valence-electron chi connectivity index (χ3n) is 4.60. The van der Waals surface area contributed by atoms with Crippen LogP contribution in [0.3, 0.4) is 0 Å². The number of benzene rings is 1. The van der Waals surface area contributed by atoms with Crippen molar-refractivity contribution in [2.24, 2.45) is 5.73 Å². The molecular formula is C17H28N2O2. The smallest absolute Gasteiger partial charge is 0.118 e. The van der Waals surface area contributed by atoms with Crippen LogP contribution in [0.25, 0.3) is 0 Å². The summed E-state index contributed by atoms with van der Waals surface area (Å²) in [5.74, 6) is 0.865. The van der Waals surface area contributed by atoms with Gasteiger partial charge in [-0.2, -0.15) is 0 Å². The zero-order valence-corrected chi connectivity index (χ0v) is 13.4. The molecule has 2 rings (SSSR count). The SMILES string of the molecule is CCC(N)C(c1ccc(OC)cc1)N1CCC(C)(O)CC1. The molecule has 2 unspecified atom stereocenters. The van der Waals surface area contributed by atoms with Crippen LogP contribution in [0.1, 0.15) is 44.7 Å². The van der Waals surface area contributed by atoms with E-state index in [0.717, 1.165) is 38.1 Å². The van der Waals surface area contributed by atoms with E-state index in [0.29, 0.717) is 0 Å². The van der Waals surface area contributed by atoms with Gasteiger partial charge in [-0.3, -0.25) is 4.90 Å². The van der Waals surface area contributed by atoms with Crippen LogP contribution in [0.2, 0.25) is 0 Å². The fraction of sp³-hybridized carbons (Fsp3) is 0.647. The molecule has 0 saturated carbocycles. The van der Waals surface area contributed by atoms with Crippen molar-refractivity contribution in [2.75, 3.05) is 20.2 Å². The Balaban J connectivity index is 2.18. The fourth-order valence-electron chi connectivity index (χ4n) is 3.04. The molecule has 0 aromatic heterocycles. The van der Waals surface area contributed by atoms with Crippen LogP contribution in [0.5, 0.6) is 5.75 Å². The van der Waals surface area contributed by atoms with Gasteiger partial charge in [0.05, 0.1) is 12.7 Å². The van der Waals surface area contributed by atoms with Gasteiger partial charge in [0.25, 0.3) is 0 Å². The largest absolute Gasteiger partial charge is 0.497 e. The van der Waals surface area contributed by atoms with Crippen molar-refractivity contribution in [1.29, 1.82) is 0 Å². The summed E-state index contributed by atoms with van der Waals surface area (Å²) in [7, 11) is 1.68. The molecule has 1 aliphatic heterocycles. The molecule has 0 bridgehead atoms. The third-order valence-corrected chi connectivity index (χ3v) is 4.60. The van der Waals surface area contributed by atoms with E-state index >= 15 is 0 Å². The van der Waals surface area contributed by atoms with Gasteiger partial charge in [0.1, 0.15) is 5.75 Å². The molecule has 1 aliphatic rings. The van der Waals surface area contributed by atoms with E-state index in [1.807, 2.05) is 19.1 Å². The fourth-order valence-corrected chi connectivity index (χ4v) is 3.04. The van der Waals surface area contributed by atoms with Crippen molar-refractivity contribution >= 4 is 0 Å². The zero-order chi connectivity index (χ0) is 15.5. The van der Waals surface area contributed by atoms with E-state index in [1.54, 1.807) is 7.11 Å². The van der Waals surface area contributed by atoms with Crippen molar-refractivity contribution in [3.63, 3.8) is 0 Å². The summed E-state index contributed by atoms with van der Waals surface area (Å²) in [4.78, 5) is 2.41. The number of aliphatic hydroxyl groups is 1. The van der Waals surface area contributed by atoms with Crippen LogP contribution in [0, 0.1) is 0 Å². The number of hydrogen-bond acceptors (Lipinski definition) is 4.